The Balaban J connectivity index is 2.93. The fourth-order valence-corrected chi connectivity index (χ4v) is 0.779. The number of aromatic nitrogens is 5. The van der Waals surface area contributed by atoms with E-state index in [1.165, 1.54) is 10.8 Å². The molecule has 0 aromatic carbocycles. The average molecular weight is 135 g/mol. The van der Waals surface area contributed by atoms with Crippen LogP contribution in [0.1, 0.15) is 5.69 Å². The van der Waals surface area contributed by atoms with E-state index < -0.39 is 0 Å². The number of nitrogens with zero attached hydrogens (tertiary/aromatic N) is 5. The van der Waals surface area contributed by atoms with Crippen LogP contribution in [0.15, 0.2) is 12.7 Å². The highest BCUT2D eigenvalue weighted by molar-refractivity contribution is 5.39. The van der Waals surface area contributed by atoms with Crippen LogP contribution in [-0.4, -0.2) is 24.8 Å². The number of fused-ring (bicyclic) bond motifs is 1. The molecule has 10 heavy (non-hydrogen) atoms. The summed E-state index contributed by atoms with van der Waals surface area (Å²) in [6.45, 7) is 1.86. The molecule has 0 spiro atoms. The summed E-state index contributed by atoms with van der Waals surface area (Å²) in [4.78, 5) is 7.74. The molecule has 0 saturated carbocycles. The fourth-order valence-electron chi connectivity index (χ4n) is 0.779. The lowest BCUT2D eigenvalue weighted by Gasteiger charge is -1.85. The second-order valence-corrected chi connectivity index (χ2v) is 1.95. The van der Waals surface area contributed by atoms with Crippen molar-refractivity contribution in [3.8, 4) is 0 Å². The molecule has 0 fully saturated rings. The molecule has 0 saturated heterocycles. The topological polar surface area (TPSA) is 56.0 Å². The predicted molar refractivity (Wildman–Crippen MR) is 33.3 cm³/mol. The van der Waals surface area contributed by atoms with Crippen LogP contribution in [-0.2, 0) is 0 Å². The maximum absolute atomic E-state index is 3.97. The van der Waals surface area contributed by atoms with Crippen LogP contribution in [0.5, 0.6) is 0 Å². The number of hydrogen-bond acceptors (Lipinski definition) is 4. The van der Waals surface area contributed by atoms with Crippen molar-refractivity contribution in [3.63, 3.8) is 0 Å². The maximum Gasteiger partial charge on any atom is 0.181 e. The normalized spacial score (nSPS) is 10.5. The van der Waals surface area contributed by atoms with Crippen molar-refractivity contribution >= 4 is 5.65 Å². The quantitative estimate of drug-likeness (QED) is 0.503. The molecule has 5 heteroatoms. The molecule has 0 N–H and O–H groups in total. The molecule has 0 radical (unpaired) electrons. The van der Waals surface area contributed by atoms with Gasteiger partial charge in [0.15, 0.2) is 5.65 Å². The van der Waals surface area contributed by atoms with Gasteiger partial charge in [-0.25, -0.2) is 9.97 Å². The lowest BCUT2D eigenvalue weighted by Crippen LogP contribution is -1.90. The van der Waals surface area contributed by atoms with E-state index in [9.17, 15) is 0 Å². The van der Waals surface area contributed by atoms with Crippen LogP contribution in [0.4, 0.5) is 0 Å². The van der Waals surface area contributed by atoms with Gasteiger partial charge in [0.05, 0.1) is 0 Å². The van der Waals surface area contributed by atoms with Crippen molar-refractivity contribution in [1.82, 2.24) is 24.8 Å². The van der Waals surface area contributed by atoms with Crippen molar-refractivity contribution < 1.29 is 0 Å². The molecule has 0 atom stereocenters. The van der Waals surface area contributed by atoms with Crippen LogP contribution in [0.2, 0.25) is 0 Å². The van der Waals surface area contributed by atoms with Crippen molar-refractivity contribution in [3.05, 3.63) is 18.3 Å². The van der Waals surface area contributed by atoms with Gasteiger partial charge in [-0.15, -0.1) is 5.10 Å². The maximum atomic E-state index is 3.97. The van der Waals surface area contributed by atoms with Crippen molar-refractivity contribution in [2.75, 3.05) is 0 Å². The molecule has 2 rings (SSSR count). The van der Waals surface area contributed by atoms with E-state index in [1.807, 2.05) is 6.92 Å². The van der Waals surface area contributed by atoms with Crippen LogP contribution < -0.4 is 0 Å². The first-order valence-electron chi connectivity index (χ1n) is 2.85. The minimum atomic E-state index is 0.759. The first kappa shape index (κ1) is 5.28. The van der Waals surface area contributed by atoms with Gasteiger partial charge in [-0.2, -0.15) is 4.52 Å². The molecule has 2 heterocycles. The summed E-state index contributed by atoms with van der Waals surface area (Å²) in [6, 6.07) is 0. The predicted octanol–water partition coefficient (Wildman–Crippen LogP) is -0.172. The Morgan fingerprint density at radius 3 is 3.20 bits per heavy atom. The molecule has 0 unspecified atom stereocenters. The molecule has 0 aliphatic carbocycles. The second kappa shape index (κ2) is 1.73. The Morgan fingerprint density at radius 1 is 1.50 bits per heavy atom. The number of aryl methyl sites for hydroxylation is 1. The minimum absolute atomic E-state index is 0.759. The molecule has 5 nitrogen and oxygen atoms in total. The van der Waals surface area contributed by atoms with E-state index in [0.717, 1.165) is 11.3 Å². The lowest BCUT2D eigenvalue weighted by atomic mass is 10.5. The minimum Gasteiger partial charge on any atom is -0.225 e. The Hall–Kier alpha value is -1.52. The van der Waals surface area contributed by atoms with Gasteiger partial charge in [0.1, 0.15) is 18.3 Å². The number of rotatable bonds is 0. The summed E-state index contributed by atoms with van der Waals surface area (Å²) < 4.78 is 1.54. The van der Waals surface area contributed by atoms with Crippen LogP contribution in [0.25, 0.3) is 5.65 Å². The van der Waals surface area contributed by atoms with Gasteiger partial charge in [-0.1, -0.05) is 5.21 Å². The largest absolute Gasteiger partial charge is 0.225 e. The van der Waals surface area contributed by atoms with Gasteiger partial charge in [-0.3, -0.25) is 0 Å². The monoisotopic (exact) mass is 135 g/mol. The van der Waals surface area contributed by atoms with Crippen LogP contribution >= 0.6 is 0 Å². The zero-order chi connectivity index (χ0) is 6.97. The summed E-state index contributed by atoms with van der Waals surface area (Å²) in [5.74, 6) is 0. The number of hydrogen-bond donors (Lipinski definition) is 0. The van der Waals surface area contributed by atoms with Crippen LogP contribution in [0, 0.1) is 6.92 Å². The Kier molecular flexibility index (Phi) is 0.913. The first-order chi connectivity index (χ1) is 4.88. The first-order valence-corrected chi connectivity index (χ1v) is 2.85. The van der Waals surface area contributed by atoms with Crippen molar-refractivity contribution in [2.45, 2.75) is 6.92 Å². The summed E-state index contributed by atoms with van der Waals surface area (Å²) in [6.07, 6.45) is 3.05. The van der Waals surface area contributed by atoms with Gasteiger partial charge < -0.3 is 0 Å². The second-order valence-electron chi connectivity index (χ2n) is 1.95. The summed E-state index contributed by atoms with van der Waals surface area (Å²) >= 11 is 0. The third-order valence-electron chi connectivity index (χ3n) is 1.25. The van der Waals surface area contributed by atoms with Gasteiger partial charge in [0.25, 0.3) is 0 Å². The van der Waals surface area contributed by atoms with Crippen LogP contribution in [0.3, 0.4) is 0 Å². The van der Waals surface area contributed by atoms with E-state index in [0.29, 0.717) is 0 Å². The summed E-state index contributed by atoms with van der Waals surface area (Å²) in [5.41, 5.74) is 1.58. The molecule has 0 aliphatic heterocycles. The van der Waals surface area contributed by atoms with Gasteiger partial charge in [0, 0.05) is 0 Å². The molecule has 0 bridgehead atoms. The third kappa shape index (κ3) is 0.570. The van der Waals surface area contributed by atoms with E-state index >= 15 is 0 Å². The molecule has 2 aromatic rings. The van der Waals surface area contributed by atoms with E-state index in [4.69, 9.17) is 0 Å². The van der Waals surface area contributed by atoms with Crippen molar-refractivity contribution in [2.24, 2.45) is 0 Å². The molecular weight excluding hydrogens is 130 g/mol. The molecule has 0 amide bonds. The highest BCUT2D eigenvalue weighted by Gasteiger charge is 1.98. The lowest BCUT2D eigenvalue weighted by molar-refractivity contribution is 0.817. The van der Waals surface area contributed by atoms with Crippen molar-refractivity contribution in [1.29, 1.82) is 0 Å². The van der Waals surface area contributed by atoms with Gasteiger partial charge in [-0.05, 0) is 6.92 Å². The molecule has 50 valence electrons. The molecule has 0 aliphatic rings. The standard InChI is InChI=1S/C5H5N5/c1-4-5-7-2-6-3-10(5)9-8-4/h2-3H,1H3. The van der Waals surface area contributed by atoms with Gasteiger partial charge >= 0.3 is 0 Å². The average Bonchev–Trinajstić information content (AvgIpc) is 2.34. The third-order valence-corrected chi connectivity index (χ3v) is 1.25. The van der Waals surface area contributed by atoms with E-state index in [-0.39, 0.29) is 0 Å². The summed E-state index contributed by atoms with van der Waals surface area (Å²) in [5, 5.41) is 7.57. The zero-order valence-electron chi connectivity index (χ0n) is 5.39. The summed E-state index contributed by atoms with van der Waals surface area (Å²) in [7, 11) is 0. The fraction of sp³-hybridized carbons (Fsp3) is 0.200. The van der Waals surface area contributed by atoms with E-state index in [1.54, 1.807) is 6.33 Å². The SMILES string of the molecule is Cc1nnn2cncnc12. The Bertz CT molecular complexity index is 352. The Labute approximate surface area is 56.7 Å². The molecule has 2 aromatic heterocycles. The Morgan fingerprint density at radius 2 is 2.40 bits per heavy atom. The highest BCUT2D eigenvalue weighted by Crippen LogP contribution is 1.97. The highest BCUT2D eigenvalue weighted by atomic mass is 15.4. The smallest absolute Gasteiger partial charge is 0.181 e. The molecular formula is C5H5N5. The van der Waals surface area contributed by atoms with E-state index in [2.05, 4.69) is 20.3 Å². The zero-order valence-corrected chi connectivity index (χ0v) is 5.39. The van der Waals surface area contributed by atoms with Gasteiger partial charge in [0.2, 0.25) is 0 Å².